The monoisotopic (exact) mass is 349 g/mol. The van der Waals surface area contributed by atoms with Crippen LogP contribution >= 0.6 is 0 Å². The van der Waals surface area contributed by atoms with Gasteiger partial charge in [0.15, 0.2) is 0 Å². The van der Waals surface area contributed by atoms with Crippen LogP contribution < -0.4 is 9.80 Å². The number of anilines is 2. The molecule has 2 saturated heterocycles. The van der Waals surface area contributed by atoms with Crippen LogP contribution in [-0.4, -0.2) is 53.6 Å². The van der Waals surface area contributed by atoms with Crippen molar-refractivity contribution in [2.45, 2.75) is 32.4 Å². The Labute approximate surface area is 155 Å². The molecule has 0 radical (unpaired) electrons. The van der Waals surface area contributed by atoms with E-state index in [0.717, 1.165) is 45.1 Å². The van der Waals surface area contributed by atoms with Crippen molar-refractivity contribution in [2.75, 3.05) is 42.5 Å². The molecule has 0 saturated carbocycles. The summed E-state index contributed by atoms with van der Waals surface area (Å²) >= 11 is 0. The summed E-state index contributed by atoms with van der Waals surface area (Å²) in [5.74, 6) is 1.93. The molecule has 2 aromatic rings. The highest BCUT2D eigenvalue weighted by molar-refractivity contribution is 5.54. The second-order valence-electron chi connectivity index (χ2n) is 7.79. The Bertz CT molecular complexity index is 777. The number of hydrogen-bond donors (Lipinski definition) is 0. The van der Waals surface area contributed by atoms with E-state index in [1.807, 2.05) is 0 Å². The molecule has 0 spiro atoms. The SMILES string of the molecule is CCN1CCc2ncnc(N3CC4CCN(c5ccccc5)C4C3)c2C1. The molecule has 5 heteroatoms. The van der Waals surface area contributed by atoms with Gasteiger partial charge in [0.1, 0.15) is 12.1 Å². The average molecular weight is 349 g/mol. The third-order valence-corrected chi connectivity index (χ3v) is 6.44. The summed E-state index contributed by atoms with van der Waals surface area (Å²) in [7, 11) is 0. The van der Waals surface area contributed by atoms with E-state index in [-0.39, 0.29) is 0 Å². The molecule has 2 unspecified atom stereocenters. The predicted molar refractivity (Wildman–Crippen MR) is 105 cm³/mol. The topological polar surface area (TPSA) is 35.5 Å². The van der Waals surface area contributed by atoms with Gasteiger partial charge in [0, 0.05) is 56.3 Å². The molecule has 5 rings (SSSR count). The first kappa shape index (κ1) is 16.1. The van der Waals surface area contributed by atoms with Crippen LogP contribution in [0, 0.1) is 5.92 Å². The summed E-state index contributed by atoms with van der Waals surface area (Å²) in [5, 5.41) is 0. The van der Waals surface area contributed by atoms with Gasteiger partial charge in [0.25, 0.3) is 0 Å². The minimum Gasteiger partial charge on any atom is -0.366 e. The first-order valence-corrected chi connectivity index (χ1v) is 9.95. The van der Waals surface area contributed by atoms with Crippen LogP contribution in [0.2, 0.25) is 0 Å². The summed E-state index contributed by atoms with van der Waals surface area (Å²) in [5.41, 5.74) is 3.99. The van der Waals surface area contributed by atoms with Crippen molar-refractivity contribution in [3.8, 4) is 0 Å². The lowest BCUT2D eigenvalue weighted by Crippen LogP contribution is -2.37. The van der Waals surface area contributed by atoms with Gasteiger partial charge in [-0.25, -0.2) is 9.97 Å². The Hall–Kier alpha value is -2.14. The van der Waals surface area contributed by atoms with Crippen molar-refractivity contribution in [1.82, 2.24) is 14.9 Å². The average Bonchev–Trinajstić information content (AvgIpc) is 3.28. The van der Waals surface area contributed by atoms with Gasteiger partial charge in [-0.05, 0) is 25.1 Å². The van der Waals surface area contributed by atoms with Crippen LogP contribution in [0.5, 0.6) is 0 Å². The molecule has 0 N–H and O–H groups in total. The maximum Gasteiger partial charge on any atom is 0.136 e. The van der Waals surface area contributed by atoms with Gasteiger partial charge in [-0.3, -0.25) is 4.90 Å². The van der Waals surface area contributed by atoms with Crippen molar-refractivity contribution in [3.63, 3.8) is 0 Å². The van der Waals surface area contributed by atoms with Crippen molar-refractivity contribution < 1.29 is 0 Å². The zero-order chi connectivity index (χ0) is 17.5. The van der Waals surface area contributed by atoms with Crippen LogP contribution in [0.3, 0.4) is 0 Å². The molecule has 136 valence electrons. The number of nitrogens with zero attached hydrogens (tertiary/aromatic N) is 5. The third-order valence-electron chi connectivity index (χ3n) is 6.44. The second kappa shape index (κ2) is 6.54. The summed E-state index contributed by atoms with van der Waals surface area (Å²) in [6, 6.07) is 11.5. The molecule has 1 aromatic carbocycles. The van der Waals surface area contributed by atoms with Gasteiger partial charge in [-0.1, -0.05) is 25.1 Å². The Morgan fingerprint density at radius 1 is 1.08 bits per heavy atom. The molecular formula is C21H27N5. The highest BCUT2D eigenvalue weighted by Crippen LogP contribution is 2.38. The van der Waals surface area contributed by atoms with Crippen LogP contribution in [0.15, 0.2) is 36.7 Å². The number of fused-ring (bicyclic) bond motifs is 2. The molecule has 2 atom stereocenters. The van der Waals surface area contributed by atoms with Gasteiger partial charge in [-0.15, -0.1) is 0 Å². The van der Waals surface area contributed by atoms with E-state index >= 15 is 0 Å². The minimum absolute atomic E-state index is 0.605. The molecule has 5 nitrogen and oxygen atoms in total. The van der Waals surface area contributed by atoms with Gasteiger partial charge >= 0.3 is 0 Å². The first-order valence-electron chi connectivity index (χ1n) is 9.95. The van der Waals surface area contributed by atoms with Crippen molar-refractivity contribution in [3.05, 3.63) is 47.9 Å². The van der Waals surface area contributed by atoms with Crippen LogP contribution in [-0.2, 0) is 13.0 Å². The van der Waals surface area contributed by atoms with E-state index in [2.05, 4.69) is 56.9 Å². The zero-order valence-corrected chi connectivity index (χ0v) is 15.5. The molecule has 1 aromatic heterocycles. The number of aromatic nitrogens is 2. The predicted octanol–water partition coefficient (Wildman–Crippen LogP) is 2.57. The molecule has 2 fully saturated rings. The highest BCUT2D eigenvalue weighted by atomic mass is 15.3. The number of likely N-dealkylation sites (N-methyl/N-ethyl adjacent to an activating group) is 1. The van der Waals surface area contributed by atoms with E-state index in [4.69, 9.17) is 4.98 Å². The Morgan fingerprint density at radius 3 is 2.81 bits per heavy atom. The summed E-state index contributed by atoms with van der Waals surface area (Å²) in [4.78, 5) is 17.0. The lowest BCUT2D eigenvalue weighted by molar-refractivity contribution is 0.265. The fourth-order valence-corrected chi connectivity index (χ4v) is 5.00. The first-order chi connectivity index (χ1) is 12.8. The van der Waals surface area contributed by atoms with Gasteiger partial charge in [-0.2, -0.15) is 0 Å². The normalized spacial score (nSPS) is 25.4. The van der Waals surface area contributed by atoms with E-state index in [1.54, 1.807) is 6.33 Å². The van der Waals surface area contributed by atoms with Gasteiger partial charge < -0.3 is 9.80 Å². The van der Waals surface area contributed by atoms with Crippen molar-refractivity contribution in [1.29, 1.82) is 0 Å². The smallest absolute Gasteiger partial charge is 0.136 e. The number of benzene rings is 1. The van der Waals surface area contributed by atoms with E-state index in [1.165, 1.54) is 35.7 Å². The molecule has 0 aliphatic carbocycles. The summed E-state index contributed by atoms with van der Waals surface area (Å²) < 4.78 is 0. The van der Waals surface area contributed by atoms with E-state index < -0.39 is 0 Å². The molecule has 0 bridgehead atoms. The summed E-state index contributed by atoms with van der Waals surface area (Å²) in [6.07, 6.45) is 4.11. The van der Waals surface area contributed by atoms with Gasteiger partial charge in [0.05, 0.1) is 11.7 Å². The second-order valence-corrected chi connectivity index (χ2v) is 7.79. The van der Waals surface area contributed by atoms with E-state index in [9.17, 15) is 0 Å². The molecule has 26 heavy (non-hydrogen) atoms. The lowest BCUT2D eigenvalue weighted by Gasteiger charge is -2.31. The van der Waals surface area contributed by atoms with Gasteiger partial charge in [0.2, 0.25) is 0 Å². The lowest BCUT2D eigenvalue weighted by atomic mass is 10.0. The molecule has 3 aliphatic heterocycles. The van der Waals surface area contributed by atoms with Crippen molar-refractivity contribution >= 4 is 11.5 Å². The molecular weight excluding hydrogens is 322 g/mol. The van der Waals surface area contributed by atoms with Crippen LogP contribution in [0.4, 0.5) is 11.5 Å². The van der Waals surface area contributed by atoms with Crippen LogP contribution in [0.25, 0.3) is 0 Å². The zero-order valence-electron chi connectivity index (χ0n) is 15.5. The quantitative estimate of drug-likeness (QED) is 0.851. The minimum atomic E-state index is 0.605. The summed E-state index contributed by atoms with van der Waals surface area (Å²) in [6.45, 7) is 8.84. The van der Waals surface area contributed by atoms with Crippen LogP contribution in [0.1, 0.15) is 24.6 Å². The molecule has 3 aliphatic rings. The van der Waals surface area contributed by atoms with Crippen molar-refractivity contribution in [2.24, 2.45) is 5.92 Å². The fraction of sp³-hybridized carbons (Fsp3) is 0.524. The third kappa shape index (κ3) is 2.65. The Kier molecular flexibility index (Phi) is 4.04. The molecule has 0 amide bonds. The maximum absolute atomic E-state index is 4.74. The van der Waals surface area contributed by atoms with E-state index in [0.29, 0.717) is 6.04 Å². The number of hydrogen-bond acceptors (Lipinski definition) is 5. The highest BCUT2D eigenvalue weighted by Gasteiger charge is 2.42. The molecule has 4 heterocycles. The fourth-order valence-electron chi connectivity index (χ4n) is 5.00. The Morgan fingerprint density at radius 2 is 1.96 bits per heavy atom. The maximum atomic E-state index is 4.74. The largest absolute Gasteiger partial charge is 0.366 e. The standard InChI is InChI=1S/C21H27N5/c1-2-24-10-9-19-18(13-24)21(23-15-22-19)25-12-16-8-11-26(20(16)14-25)17-6-4-3-5-7-17/h3-7,15-16,20H,2,8-14H2,1H3. The Balaban J connectivity index is 1.41. The number of para-hydroxylation sites is 1. The number of rotatable bonds is 3.